The van der Waals surface area contributed by atoms with E-state index in [-0.39, 0.29) is 0 Å². The van der Waals surface area contributed by atoms with E-state index in [1.165, 1.54) is 25.7 Å². The van der Waals surface area contributed by atoms with Crippen molar-refractivity contribution in [3.05, 3.63) is 12.4 Å². The van der Waals surface area contributed by atoms with E-state index in [9.17, 15) is 0 Å². The lowest BCUT2D eigenvalue weighted by Crippen LogP contribution is -2.27. The van der Waals surface area contributed by atoms with Crippen molar-refractivity contribution in [2.75, 3.05) is 43.9 Å². The predicted molar refractivity (Wildman–Crippen MR) is 79.7 cm³/mol. The van der Waals surface area contributed by atoms with Gasteiger partial charge in [-0.2, -0.15) is 0 Å². The molecule has 1 fully saturated rings. The van der Waals surface area contributed by atoms with Crippen LogP contribution in [0.3, 0.4) is 0 Å². The molecule has 106 valence electrons. The molecule has 0 bridgehead atoms. The summed E-state index contributed by atoms with van der Waals surface area (Å²) in [6, 6.07) is 2.02. The monoisotopic (exact) mass is 263 g/mol. The Hall–Kier alpha value is -1.36. The van der Waals surface area contributed by atoms with Crippen molar-refractivity contribution in [1.29, 1.82) is 0 Å². The molecule has 0 unspecified atom stereocenters. The Kier molecular flexibility index (Phi) is 5.39. The molecule has 0 radical (unpaired) electrons. The Morgan fingerprint density at radius 1 is 1.32 bits per heavy atom. The summed E-state index contributed by atoms with van der Waals surface area (Å²) in [6.45, 7) is 2.90. The first kappa shape index (κ1) is 14.1. The zero-order chi connectivity index (χ0) is 13.5. The molecule has 0 spiro atoms. The molecule has 2 N–H and O–H groups in total. The number of rotatable bonds is 8. The molecule has 0 atom stereocenters. The van der Waals surface area contributed by atoms with Gasteiger partial charge in [0.25, 0.3) is 0 Å². The van der Waals surface area contributed by atoms with Crippen LogP contribution in [-0.4, -0.2) is 43.7 Å². The second-order valence-electron chi connectivity index (χ2n) is 5.30. The molecular weight excluding hydrogens is 238 g/mol. The van der Waals surface area contributed by atoms with Gasteiger partial charge >= 0.3 is 0 Å². The first-order valence-electron chi connectivity index (χ1n) is 7.21. The van der Waals surface area contributed by atoms with Crippen LogP contribution < -0.4 is 15.5 Å². The van der Waals surface area contributed by atoms with E-state index in [1.54, 1.807) is 6.33 Å². The van der Waals surface area contributed by atoms with Crippen molar-refractivity contribution in [3.63, 3.8) is 0 Å². The van der Waals surface area contributed by atoms with Gasteiger partial charge < -0.3 is 15.5 Å². The van der Waals surface area contributed by atoms with Gasteiger partial charge in [-0.1, -0.05) is 19.3 Å². The highest BCUT2D eigenvalue weighted by Gasteiger charge is 2.16. The Labute approximate surface area is 115 Å². The van der Waals surface area contributed by atoms with Crippen LogP contribution in [0.1, 0.15) is 25.7 Å². The van der Waals surface area contributed by atoms with Crippen LogP contribution >= 0.6 is 0 Å². The maximum absolute atomic E-state index is 4.31. The third kappa shape index (κ3) is 4.35. The lowest BCUT2D eigenvalue weighted by atomic mass is 9.83. The molecule has 1 aliphatic carbocycles. The minimum atomic E-state index is 0.931. The summed E-state index contributed by atoms with van der Waals surface area (Å²) in [5, 5.41) is 6.54. The van der Waals surface area contributed by atoms with E-state index in [1.807, 2.05) is 13.1 Å². The van der Waals surface area contributed by atoms with E-state index in [0.717, 1.165) is 37.2 Å². The number of anilines is 2. The van der Waals surface area contributed by atoms with Crippen LogP contribution in [0.5, 0.6) is 0 Å². The van der Waals surface area contributed by atoms with Crippen LogP contribution in [0.4, 0.5) is 11.6 Å². The highest BCUT2D eigenvalue weighted by Crippen LogP contribution is 2.29. The molecular formula is C14H25N5. The fourth-order valence-corrected chi connectivity index (χ4v) is 2.23. The van der Waals surface area contributed by atoms with E-state index in [0.29, 0.717) is 0 Å². The molecule has 0 aliphatic heterocycles. The molecule has 0 amide bonds. The van der Waals surface area contributed by atoms with Gasteiger partial charge in [-0.3, -0.25) is 0 Å². The summed E-state index contributed by atoms with van der Waals surface area (Å²) in [4.78, 5) is 10.7. The molecule has 2 rings (SSSR count). The van der Waals surface area contributed by atoms with Crippen LogP contribution in [-0.2, 0) is 0 Å². The maximum atomic E-state index is 4.31. The van der Waals surface area contributed by atoms with Gasteiger partial charge in [0.2, 0.25) is 0 Å². The third-order valence-corrected chi connectivity index (χ3v) is 3.82. The van der Waals surface area contributed by atoms with Crippen LogP contribution in [0, 0.1) is 5.92 Å². The number of hydrogen-bond donors (Lipinski definition) is 2. The fraction of sp³-hybridized carbons (Fsp3) is 0.714. The Bertz CT molecular complexity index is 378. The van der Waals surface area contributed by atoms with Gasteiger partial charge in [0.15, 0.2) is 0 Å². The van der Waals surface area contributed by atoms with Crippen LogP contribution in [0.25, 0.3) is 0 Å². The maximum Gasteiger partial charge on any atom is 0.133 e. The molecule has 1 heterocycles. The minimum absolute atomic E-state index is 0.931. The molecule has 19 heavy (non-hydrogen) atoms. The van der Waals surface area contributed by atoms with Crippen LogP contribution in [0.15, 0.2) is 12.4 Å². The first-order valence-corrected chi connectivity index (χ1v) is 7.21. The minimum Gasteiger partial charge on any atom is -0.370 e. The number of hydrogen-bond acceptors (Lipinski definition) is 5. The average Bonchev–Trinajstić information content (AvgIpc) is 2.39. The van der Waals surface area contributed by atoms with E-state index in [4.69, 9.17) is 0 Å². The first-order chi connectivity index (χ1) is 9.29. The molecule has 5 nitrogen and oxygen atoms in total. The SMILES string of the molecule is CNCCN(C)c1cc(NCCC2CCC2)ncn1. The summed E-state index contributed by atoms with van der Waals surface area (Å²) in [7, 11) is 4.01. The summed E-state index contributed by atoms with van der Waals surface area (Å²) in [5.41, 5.74) is 0. The molecule has 1 aromatic rings. The molecule has 1 saturated carbocycles. The highest BCUT2D eigenvalue weighted by molar-refractivity contribution is 5.47. The topological polar surface area (TPSA) is 53.1 Å². The lowest BCUT2D eigenvalue weighted by Gasteiger charge is -2.25. The van der Waals surface area contributed by atoms with Crippen molar-refractivity contribution in [2.24, 2.45) is 5.92 Å². The van der Waals surface area contributed by atoms with E-state index >= 15 is 0 Å². The number of nitrogens with one attached hydrogen (secondary N) is 2. The van der Waals surface area contributed by atoms with Gasteiger partial charge in [0.1, 0.15) is 18.0 Å². The predicted octanol–water partition coefficient (Wildman–Crippen LogP) is 1.73. The quantitative estimate of drug-likeness (QED) is 0.748. The summed E-state index contributed by atoms with van der Waals surface area (Å²) in [5.74, 6) is 2.84. The Balaban J connectivity index is 1.79. The lowest BCUT2D eigenvalue weighted by molar-refractivity contribution is 0.303. The van der Waals surface area contributed by atoms with Gasteiger partial charge in [-0.05, 0) is 19.4 Å². The van der Waals surface area contributed by atoms with E-state index in [2.05, 4.69) is 32.5 Å². The fourth-order valence-electron chi connectivity index (χ4n) is 2.23. The zero-order valence-corrected chi connectivity index (χ0v) is 12.0. The highest BCUT2D eigenvalue weighted by atomic mass is 15.2. The molecule has 1 aromatic heterocycles. The van der Waals surface area contributed by atoms with Gasteiger partial charge in [-0.25, -0.2) is 9.97 Å². The Morgan fingerprint density at radius 2 is 2.16 bits per heavy atom. The van der Waals surface area contributed by atoms with E-state index < -0.39 is 0 Å². The molecule has 0 aromatic carbocycles. The number of aromatic nitrogens is 2. The van der Waals surface area contributed by atoms with Crippen molar-refractivity contribution < 1.29 is 0 Å². The van der Waals surface area contributed by atoms with Crippen molar-refractivity contribution >= 4 is 11.6 Å². The summed E-state index contributed by atoms with van der Waals surface area (Å²) in [6.07, 6.45) is 7.12. The summed E-state index contributed by atoms with van der Waals surface area (Å²) >= 11 is 0. The molecule has 0 saturated heterocycles. The van der Waals surface area contributed by atoms with Gasteiger partial charge in [-0.15, -0.1) is 0 Å². The standard InChI is InChI=1S/C14H25N5/c1-15-8-9-19(2)14-10-13(17-11-18-14)16-7-6-12-4-3-5-12/h10-12,15H,3-9H2,1-2H3,(H,16,17,18). The average molecular weight is 263 g/mol. The summed E-state index contributed by atoms with van der Waals surface area (Å²) < 4.78 is 0. The van der Waals surface area contributed by atoms with Crippen molar-refractivity contribution in [3.8, 4) is 0 Å². The molecule has 1 aliphatic rings. The second kappa shape index (κ2) is 7.28. The smallest absolute Gasteiger partial charge is 0.133 e. The largest absolute Gasteiger partial charge is 0.370 e. The normalized spacial score (nSPS) is 15.1. The second-order valence-corrected chi connectivity index (χ2v) is 5.30. The van der Waals surface area contributed by atoms with Crippen molar-refractivity contribution in [2.45, 2.75) is 25.7 Å². The third-order valence-electron chi connectivity index (χ3n) is 3.82. The number of nitrogens with zero attached hydrogens (tertiary/aromatic N) is 3. The van der Waals surface area contributed by atoms with Gasteiger partial charge in [0.05, 0.1) is 0 Å². The van der Waals surface area contributed by atoms with Crippen molar-refractivity contribution in [1.82, 2.24) is 15.3 Å². The van der Waals surface area contributed by atoms with Crippen LogP contribution in [0.2, 0.25) is 0 Å². The number of likely N-dealkylation sites (N-methyl/N-ethyl adjacent to an activating group) is 2. The Morgan fingerprint density at radius 3 is 2.84 bits per heavy atom. The van der Waals surface area contributed by atoms with Gasteiger partial charge in [0, 0.05) is 32.7 Å². The molecule has 5 heteroatoms. The zero-order valence-electron chi connectivity index (χ0n) is 12.0.